The molecule has 1 unspecified atom stereocenters. The van der Waals surface area contributed by atoms with Crippen LogP contribution in [0.5, 0.6) is 5.88 Å². The molecule has 1 fully saturated rings. The van der Waals surface area contributed by atoms with Crippen LogP contribution in [-0.2, 0) is 14.6 Å². The zero-order valence-corrected chi connectivity index (χ0v) is 19.6. The van der Waals surface area contributed by atoms with Gasteiger partial charge >= 0.3 is 6.09 Å². The van der Waals surface area contributed by atoms with Crippen molar-refractivity contribution in [1.82, 2.24) is 19.9 Å². The van der Waals surface area contributed by atoms with E-state index in [9.17, 15) is 17.6 Å². The molecule has 174 valence electrons. The summed E-state index contributed by atoms with van der Waals surface area (Å²) >= 11 is 5.91. The van der Waals surface area contributed by atoms with Gasteiger partial charge in [-0.2, -0.15) is 4.98 Å². The maximum absolute atomic E-state index is 14.8. The molecule has 0 radical (unpaired) electrons. The molecule has 0 spiro atoms. The lowest BCUT2D eigenvalue weighted by atomic mass is 10.2. The van der Waals surface area contributed by atoms with Gasteiger partial charge in [-0.05, 0) is 27.2 Å². The number of amides is 1. The summed E-state index contributed by atoms with van der Waals surface area (Å²) in [6.45, 7) is 6.52. The van der Waals surface area contributed by atoms with E-state index in [1.165, 1.54) is 0 Å². The molecule has 0 aromatic carbocycles. The molecule has 0 saturated carbocycles. The molecule has 4 rings (SSSR count). The van der Waals surface area contributed by atoms with Crippen molar-refractivity contribution in [1.29, 1.82) is 0 Å². The minimum Gasteiger partial charge on any atom is -0.475 e. The third-order valence-corrected chi connectivity index (χ3v) is 6.22. The Kier molecular flexibility index (Phi) is 5.56. The highest BCUT2D eigenvalue weighted by Gasteiger charge is 2.36. The first-order valence-corrected chi connectivity index (χ1v) is 12.3. The molecule has 2 aromatic heterocycles. The molecule has 2 aliphatic rings. The van der Waals surface area contributed by atoms with Crippen LogP contribution in [0.15, 0.2) is 5.16 Å². The number of sulfone groups is 1. The molecule has 1 saturated heterocycles. The van der Waals surface area contributed by atoms with Crippen molar-refractivity contribution in [3.05, 3.63) is 11.0 Å². The quantitative estimate of drug-likeness (QED) is 0.441. The first-order chi connectivity index (χ1) is 14.8. The highest BCUT2D eigenvalue weighted by molar-refractivity contribution is 7.90. The molecular weight excluding hydrogens is 465 g/mol. The van der Waals surface area contributed by atoms with E-state index in [4.69, 9.17) is 21.1 Å². The van der Waals surface area contributed by atoms with Crippen molar-refractivity contribution < 1.29 is 27.1 Å². The van der Waals surface area contributed by atoms with E-state index in [2.05, 4.69) is 15.0 Å². The molecule has 0 aliphatic carbocycles. The predicted molar refractivity (Wildman–Crippen MR) is 114 cm³/mol. The average molecular weight is 488 g/mol. The van der Waals surface area contributed by atoms with E-state index in [1.807, 2.05) is 4.90 Å². The van der Waals surface area contributed by atoms with Crippen LogP contribution < -0.4 is 9.64 Å². The largest absolute Gasteiger partial charge is 0.475 e. The molecule has 2 aromatic rings. The Hall–Kier alpha value is -2.47. The summed E-state index contributed by atoms with van der Waals surface area (Å²) in [5.74, 6) is -0.730. The predicted octanol–water partition coefficient (Wildman–Crippen LogP) is 2.43. The van der Waals surface area contributed by atoms with E-state index in [1.54, 1.807) is 25.7 Å². The van der Waals surface area contributed by atoms with Crippen LogP contribution >= 0.6 is 11.6 Å². The van der Waals surface area contributed by atoms with Gasteiger partial charge in [0.05, 0.1) is 6.04 Å². The molecule has 4 heterocycles. The number of hydrogen-bond donors (Lipinski definition) is 0. The summed E-state index contributed by atoms with van der Waals surface area (Å²) in [5, 5.41) is -0.849. The van der Waals surface area contributed by atoms with Crippen molar-refractivity contribution >= 4 is 44.3 Å². The Labute approximate surface area is 189 Å². The zero-order chi connectivity index (χ0) is 23.4. The smallest absolute Gasteiger partial charge is 0.410 e. The summed E-state index contributed by atoms with van der Waals surface area (Å²) in [5.41, 5.74) is -0.916. The van der Waals surface area contributed by atoms with Crippen molar-refractivity contribution in [2.45, 2.75) is 44.0 Å². The highest BCUT2D eigenvalue weighted by atomic mass is 35.5. The van der Waals surface area contributed by atoms with Gasteiger partial charge in [0.15, 0.2) is 11.0 Å². The lowest BCUT2D eigenvalue weighted by Gasteiger charge is -2.28. The molecule has 13 heteroatoms. The van der Waals surface area contributed by atoms with E-state index in [-0.39, 0.29) is 35.2 Å². The number of anilines is 1. The van der Waals surface area contributed by atoms with Gasteiger partial charge in [0.25, 0.3) is 0 Å². The normalized spacial score (nSPS) is 19.1. The summed E-state index contributed by atoms with van der Waals surface area (Å²) in [6.07, 6.45) is 0.990. The summed E-state index contributed by atoms with van der Waals surface area (Å²) in [7, 11) is -3.85. The average Bonchev–Trinajstić information content (AvgIpc) is 2.96. The fourth-order valence-electron chi connectivity index (χ4n) is 3.67. The molecule has 10 nitrogen and oxygen atoms in total. The van der Waals surface area contributed by atoms with Crippen molar-refractivity contribution in [2.75, 3.05) is 37.4 Å². The van der Waals surface area contributed by atoms with Crippen LogP contribution in [0.2, 0.25) is 5.15 Å². The summed E-state index contributed by atoms with van der Waals surface area (Å²) in [4.78, 5) is 28.1. The zero-order valence-electron chi connectivity index (χ0n) is 18.1. The van der Waals surface area contributed by atoms with E-state index in [0.717, 1.165) is 6.26 Å². The molecule has 2 aliphatic heterocycles. The molecular formula is C19H23ClFN5O5S. The Morgan fingerprint density at radius 1 is 1.22 bits per heavy atom. The topological polar surface area (TPSA) is 115 Å². The Bertz CT molecular complexity index is 1200. The highest BCUT2D eigenvalue weighted by Crippen LogP contribution is 2.39. The molecule has 0 N–H and O–H groups in total. The lowest BCUT2D eigenvalue weighted by molar-refractivity contribution is 0.0261. The van der Waals surface area contributed by atoms with E-state index >= 15 is 0 Å². The second-order valence-electron chi connectivity index (χ2n) is 8.76. The summed E-state index contributed by atoms with van der Waals surface area (Å²) < 4.78 is 50.6. The number of halogens is 2. The first kappa shape index (κ1) is 22.7. The van der Waals surface area contributed by atoms with Gasteiger partial charge in [0, 0.05) is 25.9 Å². The number of carbonyl (C=O) groups excluding carboxylic acids is 1. The molecule has 1 atom stereocenters. The van der Waals surface area contributed by atoms with Crippen molar-refractivity contribution in [3.63, 3.8) is 0 Å². The van der Waals surface area contributed by atoms with Crippen molar-refractivity contribution in [3.8, 4) is 5.88 Å². The van der Waals surface area contributed by atoms with Crippen LogP contribution in [0, 0.1) is 5.82 Å². The van der Waals surface area contributed by atoms with Crippen LogP contribution in [-0.4, -0.2) is 78.5 Å². The molecule has 0 bridgehead atoms. The van der Waals surface area contributed by atoms with E-state index < -0.39 is 37.7 Å². The number of nitrogens with zero attached hydrogens (tertiary/aromatic N) is 5. The van der Waals surface area contributed by atoms with Crippen LogP contribution in [0.1, 0.15) is 27.2 Å². The number of fused-ring (bicyclic) bond motifs is 2. The van der Waals surface area contributed by atoms with Gasteiger partial charge in [-0.3, -0.25) is 0 Å². The SMILES string of the molecule is CC(C)(C)OC(=O)N1CCC2COc3nc(Cl)c(F)c4nc(S(C)(=O)=O)nc(c34)N2CC1. The van der Waals surface area contributed by atoms with Crippen LogP contribution in [0.25, 0.3) is 10.9 Å². The van der Waals surface area contributed by atoms with Crippen LogP contribution in [0.4, 0.5) is 15.0 Å². The van der Waals surface area contributed by atoms with Crippen LogP contribution in [0.3, 0.4) is 0 Å². The number of ether oxygens (including phenoxy) is 2. The Morgan fingerprint density at radius 2 is 1.94 bits per heavy atom. The van der Waals surface area contributed by atoms with Gasteiger partial charge in [0.1, 0.15) is 28.9 Å². The number of hydrogen-bond acceptors (Lipinski definition) is 9. The van der Waals surface area contributed by atoms with Gasteiger partial charge in [-0.15, -0.1) is 0 Å². The molecule has 32 heavy (non-hydrogen) atoms. The summed E-state index contributed by atoms with van der Waals surface area (Å²) in [6, 6.07) is -0.274. The fraction of sp³-hybridized carbons (Fsp3) is 0.579. The minimum absolute atomic E-state index is 0.0403. The lowest BCUT2D eigenvalue weighted by Crippen LogP contribution is -2.41. The third kappa shape index (κ3) is 4.25. The second kappa shape index (κ2) is 7.84. The monoisotopic (exact) mass is 487 g/mol. The Balaban J connectivity index is 1.80. The maximum atomic E-state index is 14.8. The maximum Gasteiger partial charge on any atom is 0.410 e. The molecule has 1 amide bonds. The minimum atomic E-state index is -3.85. The first-order valence-electron chi connectivity index (χ1n) is 9.99. The Morgan fingerprint density at radius 3 is 2.59 bits per heavy atom. The van der Waals surface area contributed by atoms with Gasteiger partial charge in [-0.1, -0.05) is 11.6 Å². The standard InChI is InChI=1S/C19H23ClFN5O5S/c1-19(2,3)31-18(27)25-6-5-10-9-30-16-11-13(12(21)14(20)23-16)22-17(32(4,28)29)24-15(11)26(10)8-7-25/h10H,5-9H2,1-4H3. The number of aromatic nitrogens is 3. The van der Waals surface area contributed by atoms with E-state index in [0.29, 0.717) is 26.1 Å². The fourth-order valence-corrected chi connectivity index (χ4v) is 4.35. The van der Waals surface area contributed by atoms with Crippen molar-refractivity contribution in [2.24, 2.45) is 0 Å². The second-order valence-corrected chi connectivity index (χ2v) is 11.0. The van der Waals surface area contributed by atoms with Gasteiger partial charge in [-0.25, -0.2) is 27.6 Å². The third-order valence-electron chi connectivity index (χ3n) is 5.12. The van der Waals surface area contributed by atoms with Gasteiger partial charge < -0.3 is 19.3 Å². The number of rotatable bonds is 1. The number of pyridine rings is 1. The van der Waals surface area contributed by atoms with Gasteiger partial charge in [0.2, 0.25) is 20.9 Å². The number of carbonyl (C=O) groups is 1.